The van der Waals surface area contributed by atoms with Crippen LogP contribution in [-0.4, -0.2) is 26.2 Å². The number of hydrogen-bond donors (Lipinski definition) is 2. The van der Waals surface area contributed by atoms with E-state index in [-0.39, 0.29) is 17.1 Å². The standard InChI is InChI=1S/C19H16FN5O4/c1-24-9-8-22-19(24)17(26)12-4-7-14(15(10-12)25(28)29)23-16(18(21)27)11-2-5-13(20)6-3-11/h2-10,16,23H,1H3,(H2,21,27). The van der Waals surface area contributed by atoms with E-state index in [1.165, 1.54) is 35.0 Å². The highest BCUT2D eigenvalue weighted by Gasteiger charge is 2.25. The number of nitrogens with one attached hydrogen (secondary N) is 1. The number of ketones is 1. The molecule has 0 spiro atoms. The molecule has 1 heterocycles. The van der Waals surface area contributed by atoms with Gasteiger partial charge in [0.25, 0.3) is 5.69 Å². The van der Waals surface area contributed by atoms with Crippen molar-refractivity contribution in [1.82, 2.24) is 9.55 Å². The minimum Gasteiger partial charge on any atom is -0.368 e. The van der Waals surface area contributed by atoms with E-state index < -0.39 is 34.2 Å². The number of nitro groups is 1. The number of primary amides is 1. The van der Waals surface area contributed by atoms with Crippen LogP contribution in [0, 0.1) is 15.9 Å². The van der Waals surface area contributed by atoms with E-state index in [1.54, 1.807) is 13.2 Å². The summed E-state index contributed by atoms with van der Waals surface area (Å²) in [5.41, 5.74) is 5.38. The Hall–Kier alpha value is -4.08. The number of nitrogens with two attached hydrogens (primary N) is 1. The summed E-state index contributed by atoms with van der Waals surface area (Å²) in [6, 6.07) is 7.66. The summed E-state index contributed by atoms with van der Waals surface area (Å²) in [6.07, 6.45) is 3.02. The zero-order valence-corrected chi connectivity index (χ0v) is 15.2. The summed E-state index contributed by atoms with van der Waals surface area (Å²) in [5, 5.41) is 14.3. The number of anilines is 1. The maximum atomic E-state index is 13.1. The van der Waals surface area contributed by atoms with Crippen molar-refractivity contribution >= 4 is 23.1 Å². The van der Waals surface area contributed by atoms with Gasteiger partial charge >= 0.3 is 0 Å². The second-order valence-electron chi connectivity index (χ2n) is 6.21. The molecule has 0 radical (unpaired) electrons. The minimum atomic E-state index is -1.13. The van der Waals surface area contributed by atoms with Crippen molar-refractivity contribution in [2.75, 3.05) is 5.32 Å². The van der Waals surface area contributed by atoms with Crippen LogP contribution in [0.25, 0.3) is 0 Å². The lowest BCUT2D eigenvalue weighted by Crippen LogP contribution is -2.28. The SMILES string of the molecule is Cn1ccnc1C(=O)c1ccc(NC(C(N)=O)c2ccc(F)cc2)c([N+](=O)[O-])c1. The molecule has 0 bridgehead atoms. The predicted octanol–water partition coefficient (Wildman–Crippen LogP) is 2.34. The fourth-order valence-electron chi connectivity index (χ4n) is 2.79. The molecule has 148 valence electrons. The monoisotopic (exact) mass is 397 g/mol. The Morgan fingerprint density at radius 1 is 1.24 bits per heavy atom. The van der Waals surface area contributed by atoms with Crippen LogP contribution in [0.3, 0.4) is 0 Å². The molecule has 3 rings (SSSR count). The van der Waals surface area contributed by atoms with Gasteiger partial charge in [-0.1, -0.05) is 12.1 Å². The average molecular weight is 397 g/mol. The van der Waals surface area contributed by atoms with E-state index in [0.29, 0.717) is 5.56 Å². The summed E-state index contributed by atoms with van der Waals surface area (Å²) in [5.74, 6) is -1.67. The van der Waals surface area contributed by atoms with E-state index in [9.17, 15) is 24.1 Å². The van der Waals surface area contributed by atoms with E-state index in [1.807, 2.05) is 0 Å². The Balaban J connectivity index is 1.97. The number of imidazole rings is 1. The van der Waals surface area contributed by atoms with Gasteiger partial charge in [0, 0.05) is 31.1 Å². The molecule has 1 amide bonds. The molecule has 0 saturated carbocycles. The van der Waals surface area contributed by atoms with Crippen molar-refractivity contribution in [1.29, 1.82) is 0 Å². The fraction of sp³-hybridized carbons (Fsp3) is 0.105. The largest absolute Gasteiger partial charge is 0.368 e. The number of amides is 1. The van der Waals surface area contributed by atoms with Crippen LogP contribution in [0.2, 0.25) is 0 Å². The molecule has 10 heteroatoms. The van der Waals surface area contributed by atoms with Crippen LogP contribution in [0.15, 0.2) is 54.9 Å². The van der Waals surface area contributed by atoms with Crippen LogP contribution < -0.4 is 11.1 Å². The Kier molecular flexibility index (Phi) is 5.35. The number of halogens is 1. The van der Waals surface area contributed by atoms with Gasteiger partial charge in [-0.3, -0.25) is 19.7 Å². The lowest BCUT2D eigenvalue weighted by atomic mass is 10.0. The molecule has 1 atom stereocenters. The number of benzene rings is 2. The number of carbonyl (C=O) groups excluding carboxylic acids is 2. The van der Waals surface area contributed by atoms with E-state index in [0.717, 1.165) is 18.2 Å². The molecule has 0 fully saturated rings. The molecule has 0 aliphatic carbocycles. The van der Waals surface area contributed by atoms with Crippen molar-refractivity contribution in [2.24, 2.45) is 12.8 Å². The summed E-state index contributed by atoms with van der Waals surface area (Å²) < 4.78 is 14.6. The number of hydrogen-bond acceptors (Lipinski definition) is 6. The van der Waals surface area contributed by atoms with Crippen LogP contribution >= 0.6 is 0 Å². The Morgan fingerprint density at radius 3 is 2.48 bits per heavy atom. The normalized spacial score (nSPS) is 11.7. The number of aromatic nitrogens is 2. The topological polar surface area (TPSA) is 133 Å². The lowest BCUT2D eigenvalue weighted by Gasteiger charge is -2.17. The third kappa shape index (κ3) is 4.10. The molecule has 9 nitrogen and oxygen atoms in total. The number of carbonyl (C=O) groups is 2. The molecule has 0 aliphatic heterocycles. The highest BCUT2D eigenvalue weighted by molar-refractivity contribution is 6.07. The van der Waals surface area contributed by atoms with Gasteiger partial charge in [0.05, 0.1) is 4.92 Å². The lowest BCUT2D eigenvalue weighted by molar-refractivity contribution is -0.384. The van der Waals surface area contributed by atoms with Gasteiger partial charge < -0.3 is 15.6 Å². The molecule has 3 aromatic rings. The predicted molar refractivity (Wildman–Crippen MR) is 102 cm³/mol. The van der Waals surface area contributed by atoms with E-state index in [4.69, 9.17) is 5.73 Å². The van der Waals surface area contributed by atoms with Gasteiger partial charge in [0.15, 0.2) is 5.82 Å². The first-order valence-corrected chi connectivity index (χ1v) is 8.39. The number of rotatable bonds is 7. The first kappa shape index (κ1) is 19.7. The molecule has 1 aromatic heterocycles. The van der Waals surface area contributed by atoms with Crippen LogP contribution in [0.1, 0.15) is 27.8 Å². The quantitative estimate of drug-likeness (QED) is 0.357. The van der Waals surface area contributed by atoms with Gasteiger partial charge in [-0.25, -0.2) is 9.37 Å². The van der Waals surface area contributed by atoms with Crippen LogP contribution in [-0.2, 0) is 11.8 Å². The molecule has 0 saturated heterocycles. The highest BCUT2D eigenvalue weighted by Crippen LogP contribution is 2.30. The molecule has 29 heavy (non-hydrogen) atoms. The molecular formula is C19H16FN5O4. The Labute approximate surface area is 164 Å². The summed E-state index contributed by atoms with van der Waals surface area (Å²) in [7, 11) is 1.63. The maximum absolute atomic E-state index is 13.1. The third-order valence-corrected chi connectivity index (χ3v) is 4.27. The summed E-state index contributed by atoms with van der Waals surface area (Å²) >= 11 is 0. The van der Waals surface area contributed by atoms with Crippen molar-refractivity contribution < 1.29 is 18.9 Å². The molecule has 2 aromatic carbocycles. The van der Waals surface area contributed by atoms with Gasteiger partial charge in [0.1, 0.15) is 17.5 Å². The van der Waals surface area contributed by atoms with Gasteiger partial charge in [-0.2, -0.15) is 0 Å². The number of nitrogens with zero attached hydrogens (tertiary/aromatic N) is 3. The second-order valence-corrected chi connectivity index (χ2v) is 6.21. The molecular weight excluding hydrogens is 381 g/mol. The number of nitro benzene ring substituents is 1. The fourth-order valence-corrected chi connectivity index (χ4v) is 2.79. The van der Waals surface area contributed by atoms with Gasteiger partial charge in [-0.15, -0.1) is 0 Å². The first-order chi connectivity index (χ1) is 13.8. The Bertz CT molecular complexity index is 1090. The smallest absolute Gasteiger partial charge is 0.293 e. The van der Waals surface area contributed by atoms with Crippen molar-refractivity contribution in [2.45, 2.75) is 6.04 Å². The minimum absolute atomic E-state index is 0.0143. The maximum Gasteiger partial charge on any atom is 0.293 e. The third-order valence-electron chi connectivity index (χ3n) is 4.27. The first-order valence-electron chi connectivity index (χ1n) is 8.39. The Morgan fingerprint density at radius 2 is 1.93 bits per heavy atom. The zero-order valence-electron chi connectivity index (χ0n) is 15.2. The number of aryl methyl sites for hydroxylation is 1. The van der Waals surface area contributed by atoms with Crippen molar-refractivity contribution in [3.8, 4) is 0 Å². The summed E-state index contributed by atoms with van der Waals surface area (Å²) in [6.45, 7) is 0. The average Bonchev–Trinajstić information content (AvgIpc) is 3.12. The zero-order chi connectivity index (χ0) is 21.1. The molecule has 0 aliphatic rings. The van der Waals surface area contributed by atoms with Crippen LogP contribution in [0.5, 0.6) is 0 Å². The second kappa shape index (κ2) is 7.89. The van der Waals surface area contributed by atoms with Crippen molar-refractivity contribution in [3.05, 3.63) is 87.7 Å². The van der Waals surface area contributed by atoms with E-state index in [2.05, 4.69) is 10.3 Å². The van der Waals surface area contributed by atoms with Crippen LogP contribution in [0.4, 0.5) is 15.8 Å². The van der Waals surface area contributed by atoms with Gasteiger partial charge in [0.2, 0.25) is 11.7 Å². The van der Waals surface area contributed by atoms with Gasteiger partial charge in [-0.05, 0) is 29.8 Å². The van der Waals surface area contributed by atoms with E-state index >= 15 is 0 Å². The van der Waals surface area contributed by atoms with Crippen molar-refractivity contribution in [3.63, 3.8) is 0 Å². The molecule has 1 unspecified atom stereocenters. The highest BCUT2D eigenvalue weighted by atomic mass is 19.1. The molecule has 3 N–H and O–H groups in total. The summed E-state index contributed by atoms with van der Waals surface area (Å²) in [4.78, 5) is 39.2.